The Bertz CT molecular complexity index is 896. The maximum atomic E-state index is 12.0. The fraction of sp³-hybridized carbons (Fsp3) is 0.118. The molecule has 0 bridgehead atoms. The predicted molar refractivity (Wildman–Crippen MR) is 102 cm³/mol. The van der Waals surface area contributed by atoms with Crippen molar-refractivity contribution in [3.05, 3.63) is 52.5 Å². The van der Waals surface area contributed by atoms with Crippen LogP contribution in [0.4, 0.5) is 5.69 Å². The Morgan fingerprint density at radius 3 is 2.54 bits per heavy atom. The van der Waals surface area contributed by atoms with Gasteiger partial charge in [-0.15, -0.1) is 0 Å². The highest BCUT2D eigenvalue weighted by Crippen LogP contribution is 2.25. The van der Waals surface area contributed by atoms with Crippen molar-refractivity contribution in [1.82, 2.24) is 10.1 Å². The number of halogens is 2. The smallest absolute Gasteiger partial charge is 0.258 e. The van der Waals surface area contributed by atoms with E-state index in [4.69, 9.17) is 32.5 Å². The lowest BCUT2D eigenvalue weighted by atomic mass is 10.2. The molecule has 26 heavy (non-hydrogen) atoms. The number of nitrogens with zero attached hydrogens (tertiary/aromatic N) is 2. The summed E-state index contributed by atoms with van der Waals surface area (Å²) in [7, 11) is 1.60. The summed E-state index contributed by atoms with van der Waals surface area (Å²) >= 11 is 13.0. The molecule has 0 aliphatic rings. The van der Waals surface area contributed by atoms with E-state index in [1.807, 2.05) is 12.1 Å². The van der Waals surface area contributed by atoms with E-state index in [9.17, 15) is 4.79 Å². The molecule has 0 saturated carbocycles. The first-order chi connectivity index (χ1) is 12.5. The minimum absolute atomic E-state index is 0.117. The summed E-state index contributed by atoms with van der Waals surface area (Å²) in [4.78, 5) is 16.3. The molecule has 1 amide bonds. The first-order valence-corrected chi connectivity index (χ1v) is 9.14. The van der Waals surface area contributed by atoms with Gasteiger partial charge >= 0.3 is 0 Å². The van der Waals surface area contributed by atoms with Crippen molar-refractivity contribution in [2.75, 3.05) is 18.2 Å². The lowest BCUT2D eigenvalue weighted by molar-refractivity contribution is -0.113. The molecule has 0 fully saturated rings. The van der Waals surface area contributed by atoms with E-state index in [1.54, 1.807) is 37.4 Å². The number of aromatic nitrogens is 2. The third-order valence-corrected chi connectivity index (χ3v) is 4.49. The molecule has 1 N–H and O–H groups in total. The molecule has 0 atom stereocenters. The summed E-state index contributed by atoms with van der Waals surface area (Å²) in [6.45, 7) is 0. The number of benzene rings is 2. The highest BCUT2D eigenvalue weighted by Gasteiger charge is 2.12. The van der Waals surface area contributed by atoms with Crippen LogP contribution in [0.2, 0.25) is 10.0 Å². The Morgan fingerprint density at radius 2 is 1.88 bits per heavy atom. The largest absolute Gasteiger partial charge is 0.497 e. The molecule has 0 aliphatic heterocycles. The van der Waals surface area contributed by atoms with Crippen molar-refractivity contribution in [3.8, 4) is 17.2 Å². The highest BCUT2D eigenvalue weighted by atomic mass is 35.5. The minimum atomic E-state index is -0.232. The topological polar surface area (TPSA) is 77.2 Å². The zero-order chi connectivity index (χ0) is 18.5. The van der Waals surface area contributed by atoms with Gasteiger partial charge in [0.05, 0.1) is 12.9 Å². The van der Waals surface area contributed by atoms with Crippen LogP contribution in [0.1, 0.15) is 0 Å². The fourth-order valence-electron chi connectivity index (χ4n) is 2.07. The van der Waals surface area contributed by atoms with Gasteiger partial charge in [0.15, 0.2) is 0 Å². The Labute approximate surface area is 163 Å². The molecule has 1 heterocycles. The maximum absolute atomic E-state index is 12.0. The molecular formula is C17H13Cl2N3O3S. The van der Waals surface area contributed by atoms with Crippen LogP contribution in [-0.2, 0) is 4.79 Å². The number of rotatable bonds is 6. The Kier molecular flexibility index (Phi) is 6.03. The lowest BCUT2D eigenvalue weighted by Gasteiger charge is -2.05. The zero-order valence-electron chi connectivity index (χ0n) is 13.5. The van der Waals surface area contributed by atoms with Gasteiger partial charge in [-0.3, -0.25) is 4.79 Å². The first kappa shape index (κ1) is 18.6. The predicted octanol–water partition coefficient (Wildman–Crippen LogP) is 4.78. The summed E-state index contributed by atoms with van der Waals surface area (Å²) in [6.07, 6.45) is 0. The van der Waals surface area contributed by atoms with Gasteiger partial charge < -0.3 is 14.6 Å². The third kappa shape index (κ3) is 4.91. The van der Waals surface area contributed by atoms with E-state index >= 15 is 0 Å². The molecule has 0 saturated heterocycles. The molecule has 1 aromatic heterocycles. The van der Waals surface area contributed by atoms with E-state index in [0.29, 0.717) is 26.8 Å². The second-order valence-corrected chi connectivity index (χ2v) is 6.92. The zero-order valence-corrected chi connectivity index (χ0v) is 15.9. The van der Waals surface area contributed by atoms with E-state index < -0.39 is 0 Å². The number of hydrogen-bond acceptors (Lipinski definition) is 6. The molecular weight excluding hydrogens is 397 g/mol. The molecule has 0 aliphatic carbocycles. The average molecular weight is 410 g/mol. The fourth-order valence-corrected chi connectivity index (χ4v) is 3.17. The van der Waals surface area contributed by atoms with Crippen LogP contribution in [0.15, 0.2) is 52.1 Å². The van der Waals surface area contributed by atoms with E-state index in [-0.39, 0.29) is 11.7 Å². The number of carbonyl (C=O) groups excluding carboxylic acids is 1. The summed E-state index contributed by atoms with van der Waals surface area (Å²) in [6, 6.07) is 12.1. The monoisotopic (exact) mass is 409 g/mol. The Balaban J connectivity index is 1.57. The summed E-state index contributed by atoms with van der Waals surface area (Å²) in [5.41, 5.74) is 1.29. The molecule has 134 valence electrons. The number of methoxy groups -OCH3 is 1. The molecule has 9 heteroatoms. The second-order valence-electron chi connectivity index (χ2n) is 5.11. The number of nitrogens with one attached hydrogen (secondary N) is 1. The summed E-state index contributed by atoms with van der Waals surface area (Å²) < 4.78 is 10.3. The van der Waals surface area contributed by atoms with Crippen molar-refractivity contribution in [2.24, 2.45) is 0 Å². The molecule has 3 rings (SSSR count). The van der Waals surface area contributed by atoms with E-state index in [1.165, 1.54) is 0 Å². The van der Waals surface area contributed by atoms with Crippen molar-refractivity contribution >= 4 is 46.6 Å². The molecule has 0 radical (unpaired) electrons. The van der Waals surface area contributed by atoms with Crippen LogP contribution < -0.4 is 10.1 Å². The van der Waals surface area contributed by atoms with Gasteiger partial charge in [0.25, 0.3) is 5.89 Å². The van der Waals surface area contributed by atoms with Crippen LogP contribution in [0, 0.1) is 0 Å². The van der Waals surface area contributed by atoms with Crippen molar-refractivity contribution in [2.45, 2.75) is 5.16 Å². The Morgan fingerprint density at radius 1 is 1.19 bits per heavy atom. The maximum Gasteiger partial charge on any atom is 0.258 e. The van der Waals surface area contributed by atoms with Gasteiger partial charge in [-0.2, -0.15) is 4.98 Å². The summed E-state index contributed by atoms with van der Waals surface area (Å²) in [5.74, 6) is 0.994. The number of carbonyl (C=O) groups is 1. The number of ether oxygens (including phenoxy) is 1. The van der Waals surface area contributed by atoms with Crippen molar-refractivity contribution in [3.63, 3.8) is 0 Å². The van der Waals surface area contributed by atoms with Crippen LogP contribution in [-0.4, -0.2) is 28.9 Å². The minimum Gasteiger partial charge on any atom is -0.497 e. The van der Waals surface area contributed by atoms with Gasteiger partial charge in [0.2, 0.25) is 11.1 Å². The first-order valence-electron chi connectivity index (χ1n) is 7.40. The second kappa shape index (κ2) is 8.44. The highest BCUT2D eigenvalue weighted by molar-refractivity contribution is 7.99. The van der Waals surface area contributed by atoms with Gasteiger partial charge in [0, 0.05) is 21.3 Å². The van der Waals surface area contributed by atoms with Crippen molar-refractivity contribution in [1.29, 1.82) is 0 Å². The van der Waals surface area contributed by atoms with Gasteiger partial charge in [0.1, 0.15) is 5.75 Å². The number of anilines is 1. The molecule has 2 aromatic carbocycles. The number of amides is 1. The molecule has 0 spiro atoms. The van der Waals surface area contributed by atoms with Gasteiger partial charge in [-0.25, -0.2) is 0 Å². The quantitative estimate of drug-likeness (QED) is 0.590. The average Bonchev–Trinajstić information content (AvgIpc) is 3.08. The van der Waals surface area contributed by atoms with Crippen LogP contribution in [0.3, 0.4) is 0 Å². The van der Waals surface area contributed by atoms with Crippen LogP contribution >= 0.6 is 35.0 Å². The van der Waals surface area contributed by atoms with Crippen molar-refractivity contribution < 1.29 is 14.1 Å². The normalized spacial score (nSPS) is 10.6. The van der Waals surface area contributed by atoms with Crippen LogP contribution in [0.25, 0.3) is 11.5 Å². The lowest BCUT2D eigenvalue weighted by Crippen LogP contribution is -2.14. The Hall–Kier alpha value is -2.22. The third-order valence-electron chi connectivity index (χ3n) is 3.22. The summed E-state index contributed by atoms with van der Waals surface area (Å²) in [5, 5.41) is 7.85. The molecule has 6 nitrogen and oxygen atoms in total. The number of thioether (sulfide) groups is 1. The van der Waals surface area contributed by atoms with E-state index in [0.717, 1.165) is 23.1 Å². The molecule has 0 unspecified atom stereocenters. The standard InChI is InChI=1S/C17H13Cl2N3O3S/c1-24-14-4-2-10(3-5-14)16-21-17(22-25-16)26-9-15(23)20-13-7-11(18)6-12(19)8-13/h2-8H,9H2,1H3,(H,20,23). The molecule has 3 aromatic rings. The van der Waals surface area contributed by atoms with Crippen LogP contribution in [0.5, 0.6) is 5.75 Å². The van der Waals surface area contributed by atoms with E-state index in [2.05, 4.69) is 15.5 Å². The number of hydrogen-bond donors (Lipinski definition) is 1. The van der Waals surface area contributed by atoms with Gasteiger partial charge in [-0.1, -0.05) is 35.0 Å². The van der Waals surface area contributed by atoms with Gasteiger partial charge in [-0.05, 0) is 47.6 Å². The SMILES string of the molecule is COc1ccc(-c2nc(SCC(=O)Nc3cc(Cl)cc(Cl)c3)no2)cc1.